The number of hydrogen-bond donors (Lipinski definition) is 1. The van der Waals surface area contributed by atoms with Crippen LogP contribution in [0.25, 0.3) is 10.9 Å². The van der Waals surface area contributed by atoms with Gasteiger partial charge in [-0.1, -0.05) is 48.5 Å². The van der Waals surface area contributed by atoms with Crippen molar-refractivity contribution in [1.29, 1.82) is 0 Å². The molecule has 0 radical (unpaired) electrons. The molecule has 29 heavy (non-hydrogen) atoms. The molecular weight excluding hydrogens is 356 g/mol. The summed E-state index contributed by atoms with van der Waals surface area (Å²) in [6.07, 6.45) is 8.23. The van der Waals surface area contributed by atoms with Gasteiger partial charge in [0.05, 0.1) is 12.3 Å². The fraction of sp³-hybridized carbons (Fsp3) is 0.462. The quantitative estimate of drug-likeness (QED) is 0.630. The lowest BCUT2D eigenvalue weighted by Gasteiger charge is -2.51. The van der Waals surface area contributed by atoms with E-state index in [1.165, 1.54) is 66.5 Å². The molecule has 1 saturated heterocycles. The van der Waals surface area contributed by atoms with Crippen molar-refractivity contribution in [3.05, 3.63) is 71.4 Å². The third-order valence-corrected chi connectivity index (χ3v) is 7.91. The van der Waals surface area contributed by atoms with Gasteiger partial charge in [-0.2, -0.15) is 0 Å². The van der Waals surface area contributed by atoms with Crippen LogP contribution in [-0.2, 0) is 22.3 Å². The molecule has 150 valence electrons. The molecule has 3 heterocycles. The van der Waals surface area contributed by atoms with E-state index in [9.17, 15) is 0 Å². The van der Waals surface area contributed by atoms with Gasteiger partial charge in [-0.05, 0) is 75.2 Å². The summed E-state index contributed by atoms with van der Waals surface area (Å²) >= 11 is 0. The minimum absolute atomic E-state index is 0.134. The first-order valence-electron chi connectivity index (χ1n) is 11.4. The molecule has 2 aliphatic heterocycles. The highest BCUT2D eigenvalue weighted by Crippen LogP contribution is 2.53. The van der Waals surface area contributed by atoms with Crippen LogP contribution >= 0.6 is 0 Å². The molecule has 0 unspecified atom stereocenters. The first-order chi connectivity index (χ1) is 14.3. The number of nitrogens with zero attached hydrogens (tertiary/aromatic N) is 1. The molecule has 1 N–H and O–H groups in total. The Morgan fingerprint density at radius 3 is 2.34 bits per heavy atom. The van der Waals surface area contributed by atoms with Crippen molar-refractivity contribution < 1.29 is 4.74 Å². The van der Waals surface area contributed by atoms with E-state index in [1.807, 2.05) is 0 Å². The van der Waals surface area contributed by atoms with E-state index in [-0.39, 0.29) is 11.1 Å². The summed E-state index contributed by atoms with van der Waals surface area (Å²) in [6.45, 7) is 3.32. The highest BCUT2D eigenvalue weighted by atomic mass is 16.5. The van der Waals surface area contributed by atoms with Crippen molar-refractivity contribution >= 4 is 10.9 Å². The number of benzene rings is 2. The van der Waals surface area contributed by atoms with Gasteiger partial charge in [0.25, 0.3) is 0 Å². The molecule has 3 aliphatic rings. The second-order valence-corrected chi connectivity index (χ2v) is 9.21. The second-order valence-electron chi connectivity index (χ2n) is 9.21. The normalized spacial score (nSPS) is 30.1. The summed E-state index contributed by atoms with van der Waals surface area (Å²) in [6, 6.07) is 20.0. The van der Waals surface area contributed by atoms with E-state index in [2.05, 4.69) is 64.5 Å². The molecule has 1 aromatic heterocycles. The van der Waals surface area contributed by atoms with E-state index < -0.39 is 0 Å². The SMILES string of the molecule is c1ccc(C2(N3CCCC3)CCC3(CC2)OCCc2c3[nH]c3ccccc23)cc1. The Morgan fingerprint density at radius 1 is 0.828 bits per heavy atom. The number of para-hydroxylation sites is 1. The van der Waals surface area contributed by atoms with E-state index in [0.29, 0.717) is 0 Å². The molecule has 1 saturated carbocycles. The molecule has 3 aromatic rings. The van der Waals surface area contributed by atoms with Crippen LogP contribution in [0, 0.1) is 0 Å². The molecule has 3 heteroatoms. The molecule has 2 fully saturated rings. The van der Waals surface area contributed by atoms with Gasteiger partial charge >= 0.3 is 0 Å². The van der Waals surface area contributed by atoms with Crippen molar-refractivity contribution in [2.45, 2.75) is 56.1 Å². The highest BCUT2D eigenvalue weighted by Gasteiger charge is 2.50. The van der Waals surface area contributed by atoms with Crippen molar-refractivity contribution in [3.63, 3.8) is 0 Å². The Morgan fingerprint density at radius 2 is 1.55 bits per heavy atom. The lowest BCUT2D eigenvalue weighted by molar-refractivity contribution is -0.116. The molecule has 2 aromatic carbocycles. The zero-order valence-corrected chi connectivity index (χ0v) is 17.1. The standard InChI is InChI=1S/C26H30N2O/c1-2-8-20(9-3-1)25(28-17-6-7-18-28)13-15-26(16-14-25)24-22(12-19-29-26)21-10-4-5-11-23(21)27-24/h1-5,8-11,27H,6-7,12-19H2. The Bertz CT molecular complexity index is 1010. The summed E-state index contributed by atoms with van der Waals surface area (Å²) in [5.41, 5.74) is 5.68. The maximum absolute atomic E-state index is 6.60. The van der Waals surface area contributed by atoms with Crippen molar-refractivity contribution in [1.82, 2.24) is 9.88 Å². The van der Waals surface area contributed by atoms with E-state index >= 15 is 0 Å². The fourth-order valence-electron chi connectivity index (χ4n) is 6.41. The maximum Gasteiger partial charge on any atom is 0.108 e. The first-order valence-corrected chi connectivity index (χ1v) is 11.4. The van der Waals surface area contributed by atoms with Crippen molar-refractivity contribution in [2.24, 2.45) is 0 Å². The average molecular weight is 387 g/mol. The minimum Gasteiger partial charge on any atom is -0.368 e. The minimum atomic E-state index is -0.134. The van der Waals surface area contributed by atoms with Gasteiger partial charge in [-0.25, -0.2) is 0 Å². The molecule has 0 amide bonds. The maximum atomic E-state index is 6.60. The van der Waals surface area contributed by atoms with Crippen molar-refractivity contribution in [2.75, 3.05) is 19.7 Å². The van der Waals surface area contributed by atoms with Crippen LogP contribution in [0.4, 0.5) is 0 Å². The lowest BCUT2D eigenvalue weighted by Crippen LogP contribution is -2.51. The molecular formula is C26H30N2O. The Kier molecular flexibility index (Phi) is 4.11. The molecule has 1 aliphatic carbocycles. The number of H-pyrrole nitrogens is 1. The number of hydrogen-bond acceptors (Lipinski definition) is 2. The van der Waals surface area contributed by atoms with Gasteiger partial charge in [0.2, 0.25) is 0 Å². The number of aromatic amines is 1. The Balaban J connectivity index is 1.39. The highest BCUT2D eigenvalue weighted by molar-refractivity contribution is 5.85. The number of ether oxygens (including phenoxy) is 1. The monoisotopic (exact) mass is 386 g/mol. The van der Waals surface area contributed by atoms with E-state index in [0.717, 1.165) is 25.9 Å². The molecule has 6 rings (SSSR count). The molecule has 3 nitrogen and oxygen atoms in total. The molecule has 1 spiro atoms. The van der Waals surface area contributed by atoms with Crippen LogP contribution < -0.4 is 0 Å². The van der Waals surface area contributed by atoms with Crippen LogP contribution in [0.2, 0.25) is 0 Å². The van der Waals surface area contributed by atoms with Gasteiger partial charge in [0.1, 0.15) is 5.60 Å². The zero-order valence-electron chi connectivity index (χ0n) is 17.1. The van der Waals surface area contributed by atoms with Gasteiger partial charge in [-0.3, -0.25) is 4.90 Å². The average Bonchev–Trinajstić information content (AvgIpc) is 3.45. The van der Waals surface area contributed by atoms with E-state index in [4.69, 9.17) is 4.74 Å². The predicted molar refractivity (Wildman–Crippen MR) is 117 cm³/mol. The first kappa shape index (κ1) is 17.7. The Hall–Kier alpha value is -2.10. The van der Waals surface area contributed by atoms with E-state index in [1.54, 1.807) is 0 Å². The number of nitrogens with one attached hydrogen (secondary N) is 1. The topological polar surface area (TPSA) is 28.3 Å². The summed E-state index contributed by atoms with van der Waals surface area (Å²) in [7, 11) is 0. The number of likely N-dealkylation sites (tertiary alicyclic amines) is 1. The van der Waals surface area contributed by atoms with Gasteiger partial charge in [0.15, 0.2) is 0 Å². The smallest absolute Gasteiger partial charge is 0.108 e. The van der Waals surface area contributed by atoms with Gasteiger partial charge in [0, 0.05) is 16.4 Å². The molecule has 0 atom stereocenters. The number of fused-ring (bicyclic) bond motifs is 4. The number of rotatable bonds is 2. The predicted octanol–water partition coefficient (Wildman–Crippen LogP) is 5.50. The summed E-state index contributed by atoms with van der Waals surface area (Å²) in [4.78, 5) is 6.56. The van der Waals surface area contributed by atoms with Gasteiger partial charge in [-0.15, -0.1) is 0 Å². The van der Waals surface area contributed by atoms with Crippen LogP contribution in [-0.4, -0.2) is 29.6 Å². The summed E-state index contributed by atoms with van der Waals surface area (Å²) in [5.74, 6) is 0. The Labute approximate surface area is 173 Å². The van der Waals surface area contributed by atoms with Gasteiger partial charge < -0.3 is 9.72 Å². The number of aromatic nitrogens is 1. The zero-order chi connectivity index (χ0) is 19.3. The fourth-order valence-corrected chi connectivity index (χ4v) is 6.41. The summed E-state index contributed by atoms with van der Waals surface area (Å²) in [5, 5.41) is 1.39. The largest absolute Gasteiger partial charge is 0.368 e. The van der Waals surface area contributed by atoms with Crippen LogP contribution in [0.5, 0.6) is 0 Å². The van der Waals surface area contributed by atoms with Crippen LogP contribution in [0.3, 0.4) is 0 Å². The molecule has 0 bridgehead atoms. The van der Waals surface area contributed by atoms with Crippen molar-refractivity contribution in [3.8, 4) is 0 Å². The lowest BCUT2D eigenvalue weighted by atomic mass is 9.67. The summed E-state index contributed by atoms with van der Waals surface area (Å²) < 4.78 is 6.60. The van der Waals surface area contributed by atoms with Crippen LogP contribution in [0.15, 0.2) is 54.6 Å². The van der Waals surface area contributed by atoms with Crippen LogP contribution in [0.1, 0.15) is 55.3 Å². The third-order valence-electron chi connectivity index (χ3n) is 7.91. The third kappa shape index (κ3) is 2.64. The second kappa shape index (κ2) is 6.72.